The van der Waals surface area contributed by atoms with Gasteiger partial charge in [-0.05, 0) is 44.4 Å². The Labute approximate surface area is 86.4 Å². The van der Waals surface area contributed by atoms with Crippen LogP contribution in [-0.2, 0) is 0 Å². The summed E-state index contributed by atoms with van der Waals surface area (Å²) in [6, 6.07) is 0. The van der Waals surface area contributed by atoms with Gasteiger partial charge in [0.25, 0.3) is 0 Å². The van der Waals surface area contributed by atoms with Crippen molar-refractivity contribution >= 4 is 24.8 Å². The average molecular weight is 213 g/mol. The van der Waals surface area contributed by atoms with Crippen LogP contribution >= 0.6 is 24.8 Å². The van der Waals surface area contributed by atoms with Crippen LogP contribution < -0.4 is 11.3 Å². The van der Waals surface area contributed by atoms with E-state index in [1.165, 1.54) is 38.5 Å². The molecule has 3 rings (SSSR count). The number of hydrogen-bond acceptors (Lipinski definition) is 2. The molecule has 0 saturated heterocycles. The quantitative estimate of drug-likeness (QED) is 0.516. The van der Waals surface area contributed by atoms with Crippen molar-refractivity contribution < 1.29 is 0 Å². The molecule has 3 fully saturated rings. The van der Waals surface area contributed by atoms with E-state index in [1.807, 2.05) is 0 Å². The van der Waals surface area contributed by atoms with Gasteiger partial charge in [0.15, 0.2) is 0 Å². The highest BCUT2D eigenvalue weighted by molar-refractivity contribution is 5.85. The number of fused-ring (bicyclic) bond motifs is 3. The smallest absolute Gasteiger partial charge is 0.0321 e. The first-order valence-electron chi connectivity index (χ1n) is 4.32. The molecule has 2 nitrogen and oxygen atoms in total. The highest BCUT2D eigenvalue weighted by Crippen LogP contribution is 2.43. The first kappa shape index (κ1) is 12.5. The molecule has 12 heavy (non-hydrogen) atoms. The fourth-order valence-electron chi connectivity index (χ4n) is 2.47. The molecular formula is C8H18Cl2N2. The minimum atomic E-state index is 0. The Morgan fingerprint density at radius 2 is 1.42 bits per heavy atom. The summed E-state index contributed by atoms with van der Waals surface area (Å²) in [5, 5.41) is 0. The van der Waals surface area contributed by atoms with Crippen LogP contribution in [0.2, 0.25) is 0 Å². The van der Waals surface area contributed by atoms with Gasteiger partial charge in [-0.1, -0.05) is 0 Å². The maximum Gasteiger partial charge on any atom is 0.0321 e. The van der Waals surface area contributed by atoms with Crippen LogP contribution in [0.25, 0.3) is 0 Å². The molecule has 2 bridgehead atoms. The summed E-state index contributed by atoms with van der Waals surface area (Å²) in [6.07, 6.45) is 8.16. The molecule has 0 aliphatic heterocycles. The van der Waals surface area contributed by atoms with Gasteiger partial charge >= 0.3 is 0 Å². The van der Waals surface area contributed by atoms with Gasteiger partial charge in [-0.2, -0.15) is 0 Å². The fraction of sp³-hybridized carbons (Fsp3) is 1.00. The summed E-state index contributed by atoms with van der Waals surface area (Å²) in [4.78, 5) is 0. The highest BCUT2D eigenvalue weighted by Gasteiger charge is 2.39. The van der Waals surface area contributed by atoms with Crippen molar-refractivity contribution in [2.45, 2.75) is 44.1 Å². The largest absolute Gasteiger partial charge is 0.271 e. The third-order valence-electron chi connectivity index (χ3n) is 3.40. The maximum atomic E-state index is 5.52. The van der Waals surface area contributed by atoms with Gasteiger partial charge in [0, 0.05) is 5.54 Å². The summed E-state index contributed by atoms with van der Waals surface area (Å²) < 4.78 is 0. The van der Waals surface area contributed by atoms with Crippen LogP contribution in [0, 0.1) is 5.92 Å². The van der Waals surface area contributed by atoms with Crippen molar-refractivity contribution in [3.05, 3.63) is 0 Å². The monoisotopic (exact) mass is 212 g/mol. The SMILES string of the molecule is Cl.Cl.NNC12CCC(CC1)CC2. The normalized spacial score (nSPS) is 38.2. The van der Waals surface area contributed by atoms with Crippen molar-refractivity contribution in [3.63, 3.8) is 0 Å². The fourth-order valence-corrected chi connectivity index (χ4v) is 2.47. The van der Waals surface area contributed by atoms with E-state index in [4.69, 9.17) is 5.84 Å². The Morgan fingerprint density at radius 3 is 1.67 bits per heavy atom. The molecule has 3 aliphatic carbocycles. The molecule has 3 aliphatic rings. The summed E-state index contributed by atoms with van der Waals surface area (Å²) in [7, 11) is 0. The minimum Gasteiger partial charge on any atom is -0.271 e. The lowest BCUT2D eigenvalue weighted by Gasteiger charge is -2.46. The Hall–Kier alpha value is 0.500. The standard InChI is InChI=1S/C8H16N2.2ClH/c9-10-8-4-1-7(2-5-8)3-6-8;;/h7,10H,1-6,9H2;2*1H. The van der Waals surface area contributed by atoms with E-state index in [0.717, 1.165) is 5.92 Å². The van der Waals surface area contributed by atoms with E-state index in [-0.39, 0.29) is 24.8 Å². The summed E-state index contributed by atoms with van der Waals surface area (Å²) in [5.74, 6) is 6.56. The first-order chi connectivity index (χ1) is 4.85. The molecule has 0 aromatic heterocycles. The zero-order chi connectivity index (χ0) is 7.03. The number of hydrazine groups is 1. The van der Waals surface area contributed by atoms with E-state index >= 15 is 0 Å². The second kappa shape index (κ2) is 4.66. The number of halogens is 2. The summed E-state index contributed by atoms with van der Waals surface area (Å²) in [5.41, 5.74) is 3.36. The molecule has 0 heterocycles. The van der Waals surface area contributed by atoms with Crippen LogP contribution in [0.3, 0.4) is 0 Å². The molecular weight excluding hydrogens is 195 g/mol. The second-order valence-corrected chi connectivity index (χ2v) is 3.91. The van der Waals surface area contributed by atoms with Gasteiger partial charge in [0.2, 0.25) is 0 Å². The first-order valence-corrected chi connectivity index (χ1v) is 4.32. The Kier molecular flexibility index (Phi) is 4.85. The molecule has 0 spiro atoms. The van der Waals surface area contributed by atoms with E-state index in [1.54, 1.807) is 0 Å². The maximum absolute atomic E-state index is 5.52. The molecule has 4 heteroatoms. The minimum absolute atomic E-state index is 0. The van der Waals surface area contributed by atoms with Crippen LogP contribution in [0.5, 0.6) is 0 Å². The van der Waals surface area contributed by atoms with Crippen molar-refractivity contribution in [1.82, 2.24) is 5.43 Å². The molecule has 3 saturated carbocycles. The summed E-state index contributed by atoms with van der Waals surface area (Å²) in [6.45, 7) is 0. The van der Waals surface area contributed by atoms with Gasteiger partial charge in [-0.3, -0.25) is 11.3 Å². The molecule has 0 aromatic carbocycles. The Morgan fingerprint density at radius 1 is 1.00 bits per heavy atom. The topological polar surface area (TPSA) is 38.0 Å². The van der Waals surface area contributed by atoms with Crippen molar-refractivity contribution in [3.8, 4) is 0 Å². The van der Waals surface area contributed by atoms with Crippen LogP contribution in [0.4, 0.5) is 0 Å². The zero-order valence-electron chi connectivity index (χ0n) is 7.21. The van der Waals surface area contributed by atoms with Crippen molar-refractivity contribution in [2.24, 2.45) is 11.8 Å². The van der Waals surface area contributed by atoms with Crippen LogP contribution in [-0.4, -0.2) is 5.54 Å². The Balaban J connectivity index is 0.000000605. The van der Waals surface area contributed by atoms with E-state index in [9.17, 15) is 0 Å². The molecule has 0 aromatic rings. The van der Waals surface area contributed by atoms with Crippen LogP contribution in [0.15, 0.2) is 0 Å². The second-order valence-electron chi connectivity index (χ2n) is 3.91. The molecule has 0 radical (unpaired) electrons. The number of rotatable bonds is 1. The predicted molar refractivity (Wildman–Crippen MR) is 55.7 cm³/mol. The lowest BCUT2D eigenvalue weighted by molar-refractivity contribution is 0.106. The van der Waals surface area contributed by atoms with Gasteiger partial charge in [0.1, 0.15) is 0 Å². The molecule has 74 valence electrons. The molecule has 0 amide bonds. The third-order valence-corrected chi connectivity index (χ3v) is 3.40. The van der Waals surface area contributed by atoms with Crippen molar-refractivity contribution in [2.75, 3.05) is 0 Å². The van der Waals surface area contributed by atoms with E-state index in [0.29, 0.717) is 5.54 Å². The molecule has 3 N–H and O–H groups in total. The third kappa shape index (κ3) is 2.05. The van der Waals surface area contributed by atoms with Gasteiger partial charge < -0.3 is 0 Å². The number of nitrogens with one attached hydrogen (secondary N) is 1. The highest BCUT2D eigenvalue weighted by atomic mass is 35.5. The van der Waals surface area contributed by atoms with E-state index < -0.39 is 0 Å². The zero-order valence-corrected chi connectivity index (χ0v) is 8.85. The molecule has 0 unspecified atom stereocenters. The van der Waals surface area contributed by atoms with Gasteiger partial charge in [-0.15, -0.1) is 24.8 Å². The summed E-state index contributed by atoms with van der Waals surface area (Å²) >= 11 is 0. The van der Waals surface area contributed by atoms with Gasteiger partial charge in [0.05, 0.1) is 0 Å². The average Bonchev–Trinajstić information content (AvgIpc) is 2.08. The number of nitrogens with two attached hydrogens (primary N) is 1. The lowest BCUT2D eigenvalue weighted by Crippen LogP contribution is -2.54. The van der Waals surface area contributed by atoms with Crippen LogP contribution in [0.1, 0.15) is 38.5 Å². The van der Waals surface area contributed by atoms with E-state index in [2.05, 4.69) is 5.43 Å². The Bertz CT molecular complexity index is 119. The van der Waals surface area contributed by atoms with Crippen molar-refractivity contribution in [1.29, 1.82) is 0 Å². The number of hydrogen-bond donors (Lipinski definition) is 2. The predicted octanol–water partition coefficient (Wildman–Crippen LogP) is 2.02. The molecule has 0 atom stereocenters. The van der Waals surface area contributed by atoms with Gasteiger partial charge in [-0.25, -0.2) is 0 Å². The lowest BCUT2D eigenvalue weighted by atomic mass is 9.66.